The first kappa shape index (κ1) is 54.3. The van der Waals surface area contributed by atoms with Crippen LogP contribution in [0.15, 0.2) is 47.6 Å². The molecule has 4 rings (SSSR count). The minimum Gasteiger partial charge on any atom is -0.400 e. The third kappa shape index (κ3) is 17.4. The van der Waals surface area contributed by atoms with E-state index >= 15 is 0 Å². The maximum Gasteiger partial charge on any atom is 0.296 e. The minimum atomic E-state index is -2.74. The zero-order chi connectivity index (χ0) is 45.9. The molecule has 2 fully saturated rings. The molecule has 3 aliphatic heterocycles. The number of fused-ring (bicyclic) bond motifs is 25. The number of nitrogens with zero attached hydrogens (tertiary/aromatic N) is 1. The molecule has 0 spiro atoms. The van der Waals surface area contributed by atoms with Crippen molar-refractivity contribution in [3.05, 3.63) is 47.6 Å². The van der Waals surface area contributed by atoms with Gasteiger partial charge in [0.15, 0.2) is 5.78 Å². The van der Waals surface area contributed by atoms with Crippen molar-refractivity contribution in [1.82, 2.24) is 4.90 Å². The Balaban J connectivity index is 0.00000631. The van der Waals surface area contributed by atoms with E-state index in [0.717, 1.165) is 51.2 Å². The fraction of sp³-hybridized carbons (Fsp3) is 0.760. The van der Waals surface area contributed by atoms with Crippen LogP contribution in [0.4, 0.5) is 0 Å². The molecule has 348 valence electrons. The number of ether oxygens (including phenoxy) is 2. The standard InChI is InChI=1S/C49H79NO9.CH4O/c1-32-16-12-10-14-18-33(2)26-36(5)46(53)45(59-9)28-34(3)27-35(4)42(51)23-21-40(30-39-20-22-43(52)44(31-39)58-8)41-24-25-50(38(7)29-41)48(55)47(54)49(56,57)37(6)19-15-11-13-17-32;1-2/h10,12,14,16,18,27,33,35-41,43-45,52,56-57H,11,13,15,17,19-26,28-31H2,1-9H3;2H,1H3/b12-10+,18-14+,32-16+,34-27+;/t33-,35-,36?,37-,38?,39?,40+,41?,43-,44?,45?;/m1./s1. The summed E-state index contributed by atoms with van der Waals surface area (Å²) in [6.07, 6.45) is 21.3. The average Bonchev–Trinajstić information content (AvgIpc) is 3.23. The maximum atomic E-state index is 13.7. The number of aliphatic hydroxyl groups is 4. The Morgan fingerprint density at radius 1 is 0.787 bits per heavy atom. The highest BCUT2D eigenvalue weighted by Crippen LogP contribution is 2.40. The van der Waals surface area contributed by atoms with E-state index in [1.54, 1.807) is 21.1 Å². The Bertz CT molecular complexity index is 1500. The van der Waals surface area contributed by atoms with Crippen LogP contribution in [0, 0.1) is 41.4 Å². The van der Waals surface area contributed by atoms with E-state index in [1.165, 1.54) is 10.5 Å². The fourth-order valence-electron chi connectivity index (χ4n) is 9.75. The van der Waals surface area contributed by atoms with Crippen molar-refractivity contribution in [1.29, 1.82) is 0 Å². The van der Waals surface area contributed by atoms with Crippen LogP contribution >= 0.6 is 0 Å². The molecule has 0 aromatic heterocycles. The molecule has 1 saturated carbocycles. The summed E-state index contributed by atoms with van der Waals surface area (Å²) in [4.78, 5) is 55.8. The van der Waals surface area contributed by atoms with Gasteiger partial charge in [-0.1, -0.05) is 88.1 Å². The van der Waals surface area contributed by atoms with E-state index in [0.29, 0.717) is 70.3 Å². The molecular weight excluding hydrogens is 775 g/mol. The maximum absolute atomic E-state index is 13.7. The highest BCUT2D eigenvalue weighted by Gasteiger charge is 2.46. The number of aliphatic hydroxyl groups excluding tert-OH is 2. The van der Waals surface area contributed by atoms with Crippen molar-refractivity contribution in [2.75, 3.05) is 27.9 Å². The van der Waals surface area contributed by atoms with Crippen LogP contribution in [0.25, 0.3) is 0 Å². The van der Waals surface area contributed by atoms with Gasteiger partial charge in [-0.25, -0.2) is 0 Å². The Morgan fingerprint density at radius 2 is 1.49 bits per heavy atom. The number of carbonyl (C=O) groups excluding carboxylic acids is 4. The Labute approximate surface area is 368 Å². The molecule has 1 amide bonds. The van der Waals surface area contributed by atoms with Crippen LogP contribution in [0.5, 0.6) is 0 Å². The lowest BCUT2D eigenvalue weighted by Crippen LogP contribution is -2.56. The molecule has 3 heterocycles. The number of allylic oxidation sites excluding steroid dienone is 7. The SMILES string of the molecule is CO.COC1C/C(C)=C/[C@@H](C)C(=O)CC[C@@H](CC2CC[C@@H](O)C(OC)C2)C2CCN(C(=O)C(=O)C(O)(O)[C@H](C)CCCCC/C(C)=C/C=C/C=C/[C@@H](C)CC(C)C1=O)C(C)C2. The summed E-state index contributed by atoms with van der Waals surface area (Å²) in [6.45, 7) is 13.9. The molecule has 6 unspecified atom stereocenters. The van der Waals surface area contributed by atoms with Crippen LogP contribution in [-0.2, 0) is 28.7 Å². The van der Waals surface area contributed by atoms with E-state index in [-0.39, 0.29) is 53.3 Å². The Hall–Kier alpha value is -2.80. The minimum absolute atomic E-state index is 0.0706. The average molecular weight is 858 g/mol. The van der Waals surface area contributed by atoms with Gasteiger partial charge in [-0.05, 0) is 115 Å². The number of amides is 1. The Morgan fingerprint density at radius 3 is 2.15 bits per heavy atom. The monoisotopic (exact) mass is 858 g/mol. The number of ketones is 3. The number of Topliss-reactive ketones (excluding diaryl/α,β-unsaturated/α-hetero) is 3. The molecule has 4 aliphatic rings. The smallest absolute Gasteiger partial charge is 0.296 e. The van der Waals surface area contributed by atoms with E-state index in [2.05, 4.69) is 26.0 Å². The number of piperidine rings is 1. The van der Waals surface area contributed by atoms with E-state index < -0.39 is 35.6 Å². The molecule has 1 aliphatic carbocycles. The van der Waals surface area contributed by atoms with Gasteiger partial charge in [0.05, 0.1) is 12.2 Å². The lowest BCUT2D eigenvalue weighted by Gasteiger charge is -2.43. The first-order valence-electron chi connectivity index (χ1n) is 23.1. The lowest BCUT2D eigenvalue weighted by atomic mass is 9.71. The molecule has 61 heavy (non-hydrogen) atoms. The van der Waals surface area contributed by atoms with E-state index in [4.69, 9.17) is 14.6 Å². The van der Waals surface area contributed by atoms with Crippen LogP contribution in [0.3, 0.4) is 0 Å². The predicted octanol–water partition coefficient (Wildman–Crippen LogP) is 7.88. The zero-order valence-electron chi connectivity index (χ0n) is 39.3. The van der Waals surface area contributed by atoms with Gasteiger partial charge in [0.2, 0.25) is 5.79 Å². The first-order valence-corrected chi connectivity index (χ1v) is 23.1. The van der Waals surface area contributed by atoms with Gasteiger partial charge in [0.1, 0.15) is 11.9 Å². The van der Waals surface area contributed by atoms with Crippen LogP contribution in [0.1, 0.15) is 145 Å². The predicted molar refractivity (Wildman–Crippen MR) is 241 cm³/mol. The summed E-state index contributed by atoms with van der Waals surface area (Å²) < 4.78 is 11.3. The van der Waals surface area contributed by atoms with Gasteiger partial charge in [0.25, 0.3) is 11.7 Å². The number of hydrogen-bond acceptors (Lipinski definition) is 10. The summed E-state index contributed by atoms with van der Waals surface area (Å²) in [6, 6.07) is -0.294. The fourth-order valence-corrected chi connectivity index (χ4v) is 9.75. The van der Waals surface area contributed by atoms with Crippen molar-refractivity contribution in [3.63, 3.8) is 0 Å². The van der Waals surface area contributed by atoms with Gasteiger partial charge in [-0.2, -0.15) is 0 Å². The molecule has 11 atom stereocenters. The van der Waals surface area contributed by atoms with Gasteiger partial charge in [-0.15, -0.1) is 0 Å². The second-order valence-corrected chi connectivity index (χ2v) is 18.7. The van der Waals surface area contributed by atoms with Crippen LogP contribution < -0.4 is 0 Å². The topological polar surface area (TPSA) is 171 Å². The largest absolute Gasteiger partial charge is 0.400 e. The zero-order valence-corrected chi connectivity index (χ0v) is 39.3. The van der Waals surface area contributed by atoms with Crippen molar-refractivity contribution in [2.24, 2.45) is 41.4 Å². The van der Waals surface area contributed by atoms with Crippen LogP contribution in [-0.4, -0.2) is 107 Å². The highest BCUT2D eigenvalue weighted by atomic mass is 16.5. The van der Waals surface area contributed by atoms with Crippen LogP contribution in [0.2, 0.25) is 0 Å². The summed E-state index contributed by atoms with van der Waals surface area (Å²) in [5, 5.41) is 39.5. The molecule has 11 nitrogen and oxygen atoms in total. The Kier molecular flexibility index (Phi) is 24.4. The van der Waals surface area contributed by atoms with Crippen molar-refractivity contribution in [3.8, 4) is 0 Å². The van der Waals surface area contributed by atoms with Crippen molar-refractivity contribution in [2.45, 2.75) is 175 Å². The molecule has 1 saturated heterocycles. The summed E-state index contributed by atoms with van der Waals surface area (Å²) in [5.41, 5.74) is 2.17. The van der Waals surface area contributed by atoms with Gasteiger partial charge in [-0.3, -0.25) is 19.2 Å². The third-order valence-electron chi connectivity index (χ3n) is 13.7. The van der Waals surface area contributed by atoms with Gasteiger partial charge in [0, 0.05) is 64.5 Å². The summed E-state index contributed by atoms with van der Waals surface area (Å²) >= 11 is 0. The number of rotatable bonds is 4. The lowest BCUT2D eigenvalue weighted by molar-refractivity contribution is -0.205. The molecule has 2 bridgehead atoms. The molecule has 11 heteroatoms. The van der Waals surface area contributed by atoms with Gasteiger partial charge < -0.3 is 34.8 Å². The van der Waals surface area contributed by atoms with E-state index in [9.17, 15) is 34.5 Å². The third-order valence-corrected chi connectivity index (χ3v) is 13.7. The van der Waals surface area contributed by atoms with E-state index in [1.807, 2.05) is 52.0 Å². The molecule has 0 aromatic rings. The number of carbonyl (C=O) groups is 4. The molecular formula is C50H83NO10. The van der Waals surface area contributed by atoms with Crippen molar-refractivity contribution >= 4 is 23.3 Å². The number of hydrogen-bond donors (Lipinski definition) is 4. The molecule has 0 aromatic carbocycles. The van der Waals surface area contributed by atoms with Crippen molar-refractivity contribution < 1.29 is 49.1 Å². The van der Waals surface area contributed by atoms with Gasteiger partial charge >= 0.3 is 0 Å². The second kappa shape index (κ2) is 27.4. The second-order valence-electron chi connectivity index (χ2n) is 18.7. The molecule has 0 radical (unpaired) electrons. The summed E-state index contributed by atoms with van der Waals surface area (Å²) in [7, 11) is 4.21. The molecule has 4 N–H and O–H groups in total. The normalized spacial score (nSPS) is 36.8. The quantitative estimate of drug-likeness (QED) is 0.124. The highest BCUT2D eigenvalue weighted by molar-refractivity contribution is 6.38. The first-order chi connectivity index (χ1) is 28.9. The number of methoxy groups -OCH3 is 2. The summed E-state index contributed by atoms with van der Waals surface area (Å²) in [5.74, 6) is -4.99.